The predicted molar refractivity (Wildman–Crippen MR) is 161 cm³/mol. The van der Waals surface area contributed by atoms with Crippen LogP contribution in [-0.4, -0.2) is 39.5 Å². The molecule has 4 atom stereocenters. The first-order valence-electron chi connectivity index (χ1n) is 13.8. The lowest BCUT2D eigenvalue weighted by molar-refractivity contribution is -0.289. The van der Waals surface area contributed by atoms with Gasteiger partial charge in [0.1, 0.15) is 24.4 Å². The maximum absolute atomic E-state index is 12.6. The number of hydrogen-bond acceptors (Lipinski definition) is 9. The summed E-state index contributed by atoms with van der Waals surface area (Å²) < 4.78 is 26.0. The Bertz CT molecular complexity index is 1600. The van der Waals surface area contributed by atoms with Crippen LogP contribution in [-0.2, 0) is 44.6 Å². The van der Waals surface area contributed by atoms with Crippen LogP contribution in [0.5, 0.6) is 0 Å². The fraction of sp³-hybridized carbons (Fsp3) is 0.273. The molecular formula is C33H33N3O5S. The van der Waals surface area contributed by atoms with Gasteiger partial charge in [-0.15, -0.1) is 11.3 Å². The maximum Gasteiger partial charge on any atom is 0.237 e. The molecule has 1 fully saturated rings. The number of nitrogens with zero attached hydrogens (tertiary/aromatic N) is 2. The van der Waals surface area contributed by atoms with E-state index in [1.807, 2.05) is 103 Å². The molecule has 0 bridgehead atoms. The molecule has 1 unspecified atom stereocenters. The number of aliphatic hydroxyl groups is 1. The smallest absolute Gasteiger partial charge is 0.237 e. The van der Waals surface area contributed by atoms with E-state index in [0.29, 0.717) is 34.8 Å². The van der Waals surface area contributed by atoms with Gasteiger partial charge in [0.25, 0.3) is 0 Å². The average molecular weight is 584 g/mol. The van der Waals surface area contributed by atoms with Crippen LogP contribution in [0.15, 0.2) is 103 Å². The Morgan fingerprint density at radius 2 is 1.45 bits per heavy atom. The van der Waals surface area contributed by atoms with Gasteiger partial charge in [0.05, 0.1) is 42.2 Å². The summed E-state index contributed by atoms with van der Waals surface area (Å²) in [5, 5.41) is 15.1. The summed E-state index contributed by atoms with van der Waals surface area (Å²) in [5.41, 5.74) is 8.28. The molecule has 0 amide bonds. The second kappa shape index (κ2) is 12.3. The Balaban J connectivity index is 1.38. The standard InChI is InChI=1S/C33H33N3O5S/c1-32(40-19-25-15-9-4-10-16-25)29(39-18-24-13-7-3-8-14-24)27(20-38-17-23-11-5-2-6-12-23)41-33(32,37)30-28-26(21-42-30)31(34)36-22-35-28/h2-16,21-22,27,29,37H,17-20H2,1H3,(H2,34,35,36)/t27-,29-,32-,33?/m1/s1. The normalized spacial score (nSPS) is 23.9. The molecule has 6 rings (SSSR count). The van der Waals surface area contributed by atoms with E-state index in [1.54, 1.807) is 0 Å². The number of nitrogen functional groups attached to an aromatic ring is 1. The molecule has 1 saturated heterocycles. The van der Waals surface area contributed by atoms with E-state index < -0.39 is 23.6 Å². The van der Waals surface area contributed by atoms with Crippen molar-refractivity contribution in [3.8, 4) is 0 Å². The van der Waals surface area contributed by atoms with Crippen LogP contribution in [0.2, 0.25) is 0 Å². The number of benzene rings is 3. The van der Waals surface area contributed by atoms with Crippen LogP contribution >= 0.6 is 11.3 Å². The lowest BCUT2D eigenvalue weighted by Crippen LogP contribution is -2.55. The molecule has 0 spiro atoms. The Labute approximate surface area is 248 Å². The summed E-state index contributed by atoms with van der Waals surface area (Å²) in [6, 6.07) is 29.6. The summed E-state index contributed by atoms with van der Waals surface area (Å²) in [7, 11) is 0. The van der Waals surface area contributed by atoms with Crippen molar-refractivity contribution in [2.45, 2.75) is 50.3 Å². The second-order valence-corrected chi connectivity index (χ2v) is 11.4. The van der Waals surface area contributed by atoms with Crippen LogP contribution in [0.3, 0.4) is 0 Å². The molecule has 216 valence electrons. The van der Waals surface area contributed by atoms with Crippen molar-refractivity contribution in [1.82, 2.24) is 9.97 Å². The minimum absolute atomic E-state index is 0.168. The lowest BCUT2D eigenvalue weighted by Gasteiger charge is -2.39. The van der Waals surface area contributed by atoms with Gasteiger partial charge in [0, 0.05) is 5.38 Å². The van der Waals surface area contributed by atoms with Gasteiger partial charge in [0.2, 0.25) is 5.79 Å². The third kappa shape index (κ3) is 5.55. The summed E-state index contributed by atoms with van der Waals surface area (Å²) in [6.45, 7) is 2.91. The van der Waals surface area contributed by atoms with Crippen molar-refractivity contribution >= 4 is 28.1 Å². The molecule has 3 heterocycles. The Morgan fingerprint density at radius 1 is 0.857 bits per heavy atom. The van der Waals surface area contributed by atoms with E-state index in [4.69, 9.17) is 24.7 Å². The van der Waals surface area contributed by atoms with Crippen LogP contribution in [0.1, 0.15) is 28.5 Å². The fourth-order valence-corrected chi connectivity index (χ4v) is 6.50. The molecule has 0 saturated carbocycles. The molecule has 42 heavy (non-hydrogen) atoms. The van der Waals surface area contributed by atoms with Gasteiger partial charge in [0.15, 0.2) is 5.60 Å². The summed E-state index contributed by atoms with van der Waals surface area (Å²) >= 11 is 1.30. The minimum Gasteiger partial charge on any atom is -0.383 e. The number of rotatable bonds is 11. The highest BCUT2D eigenvalue weighted by Crippen LogP contribution is 2.52. The van der Waals surface area contributed by atoms with Crippen LogP contribution < -0.4 is 5.73 Å². The molecule has 9 heteroatoms. The van der Waals surface area contributed by atoms with E-state index >= 15 is 0 Å². The van der Waals surface area contributed by atoms with Crippen molar-refractivity contribution in [1.29, 1.82) is 0 Å². The number of aromatic nitrogens is 2. The zero-order valence-corrected chi connectivity index (χ0v) is 24.1. The Kier molecular flexibility index (Phi) is 8.30. The Hall–Kier alpha value is -3.70. The third-order valence-corrected chi connectivity index (χ3v) is 8.71. The van der Waals surface area contributed by atoms with E-state index in [2.05, 4.69) is 9.97 Å². The largest absolute Gasteiger partial charge is 0.383 e. The van der Waals surface area contributed by atoms with Gasteiger partial charge < -0.3 is 29.8 Å². The third-order valence-electron chi connectivity index (χ3n) is 7.66. The zero-order valence-electron chi connectivity index (χ0n) is 23.3. The van der Waals surface area contributed by atoms with Crippen LogP contribution in [0.25, 0.3) is 10.9 Å². The van der Waals surface area contributed by atoms with Gasteiger partial charge in [-0.3, -0.25) is 0 Å². The van der Waals surface area contributed by atoms with Crippen molar-refractivity contribution in [3.05, 3.63) is 124 Å². The molecule has 0 radical (unpaired) electrons. The highest BCUT2D eigenvalue weighted by Gasteiger charge is 2.67. The van der Waals surface area contributed by atoms with Gasteiger partial charge in [-0.05, 0) is 23.6 Å². The van der Waals surface area contributed by atoms with E-state index in [1.165, 1.54) is 17.7 Å². The number of ether oxygens (including phenoxy) is 4. The van der Waals surface area contributed by atoms with Gasteiger partial charge >= 0.3 is 0 Å². The first-order chi connectivity index (χ1) is 20.5. The summed E-state index contributed by atoms with van der Waals surface area (Å²) in [5.74, 6) is -1.60. The number of anilines is 1. The van der Waals surface area contributed by atoms with Crippen molar-refractivity contribution < 1.29 is 24.1 Å². The number of fused-ring (bicyclic) bond motifs is 1. The van der Waals surface area contributed by atoms with Gasteiger partial charge in [-0.25, -0.2) is 9.97 Å². The molecule has 2 aromatic heterocycles. The average Bonchev–Trinajstić information content (AvgIpc) is 3.55. The molecule has 1 aliphatic heterocycles. The molecule has 3 N–H and O–H groups in total. The summed E-state index contributed by atoms with van der Waals surface area (Å²) in [6.07, 6.45) is 0.0103. The fourth-order valence-electron chi connectivity index (χ4n) is 5.35. The summed E-state index contributed by atoms with van der Waals surface area (Å²) in [4.78, 5) is 9.07. The first-order valence-corrected chi connectivity index (χ1v) is 14.7. The van der Waals surface area contributed by atoms with Gasteiger partial charge in [-0.2, -0.15) is 0 Å². The maximum atomic E-state index is 12.6. The molecule has 8 nitrogen and oxygen atoms in total. The zero-order chi connectivity index (χ0) is 29.0. The number of nitrogens with two attached hydrogens (primary N) is 1. The minimum atomic E-state index is -1.93. The second-order valence-electron chi connectivity index (χ2n) is 10.5. The molecule has 1 aliphatic rings. The van der Waals surface area contributed by atoms with E-state index in [0.717, 1.165) is 16.7 Å². The SMILES string of the molecule is C[C@@]1(OCc2ccccc2)[C@H](OCc2ccccc2)[C@@H](COCc2ccccc2)OC1(O)c1scc2c(N)ncnc12. The quantitative estimate of drug-likeness (QED) is 0.207. The highest BCUT2D eigenvalue weighted by molar-refractivity contribution is 7.11. The molecule has 0 aliphatic carbocycles. The molecule has 3 aromatic carbocycles. The number of hydrogen-bond donors (Lipinski definition) is 2. The first kappa shape index (κ1) is 28.4. The molecule has 5 aromatic rings. The van der Waals surface area contributed by atoms with E-state index in [-0.39, 0.29) is 13.2 Å². The van der Waals surface area contributed by atoms with E-state index in [9.17, 15) is 5.11 Å². The van der Waals surface area contributed by atoms with Crippen LogP contribution in [0, 0.1) is 0 Å². The van der Waals surface area contributed by atoms with Crippen molar-refractivity contribution in [3.63, 3.8) is 0 Å². The highest BCUT2D eigenvalue weighted by atomic mass is 32.1. The monoisotopic (exact) mass is 583 g/mol. The van der Waals surface area contributed by atoms with Crippen molar-refractivity contribution in [2.24, 2.45) is 0 Å². The van der Waals surface area contributed by atoms with Crippen molar-refractivity contribution in [2.75, 3.05) is 12.3 Å². The molecular weight excluding hydrogens is 550 g/mol. The van der Waals surface area contributed by atoms with Gasteiger partial charge in [-0.1, -0.05) is 91.0 Å². The Morgan fingerprint density at radius 3 is 2.10 bits per heavy atom. The number of thiophene rings is 1. The lowest BCUT2D eigenvalue weighted by atomic mass is 9.87. The van der Waals surface area contributed by atoms with Crippen LogP contribution in [0.4, 0.5) is 5.82 Å². The predicted octanol–water partition coefficient (Wildman–Crippen LogP) is 5.60. The topological polar surface area (TPSA) is 109 Å².